The van der Waals surface area contributed by atoms with Gasteiger partial charge in [-0.2, -0.15) is 0 Å². The average Bonchev–Trinajstić information content (AvgIpc) is 2.70. The molecule has 1 N–H and O–H groups in total. The van der Waals surface area contributed by atoms with Crippen molar-refractivity contribution in [2.45, 2.75) is 19.3 Å². The van der Waals surface area contributed by atoms with Crippen molar-refractivity contribution in [3.8, 4) is 0 Å². The summed E-state index contributed by atoms with van der Waals surface area (Å²) in [5.41, 5.74) is 1.36. The Labute approximate surface area is 158 Å². The van der Waals surface area contributed by atoms with Gasteiger partial charge in [0.05, 0.1) is 5.56 Å². The molecule has 8 heteroatoms. The van der Waals surface area contributed by atoms with Crippen LogP contribution in [0, 0.1) is 0 Å². The van der Waals surface area contributed by atoms with Gasteiger partial charge in [-0.25, -0.2) is 15.0 Å². The van der Waals surface area contributed by atoms with Gasteiger partial charge in [0.2, 0.25) is 5.91 Å². The van der Waals surface area contributed by atoms with E-state index in [4.69, 9.17) is 0 Å². The van der Waals surface area contributed by atoms with Crippen molar-refractivity contribution < 1.29 is 9.59 Å². The van der Waals surface area contributed by atoms with Crippen LogP contribution in [0.1, 0.15) is 28.9 Å². The van der Waals surface area contributed by atoms with Crippen LogP contribution in [0.3, 0.4) is 0 Å². The van der Waals surface area contributed by atoms with Gasteiger partial charge in [0.1, 0.15) is 18.7 Å². The first-order valence-electron chi connectivity index (χ1n) is 9.11. The van der Waals surface area contributed by atoms with Crippen molar-refractivity contribution in [3.63, 3.8) is 0 Å². The van der Waals surface area contributed by atoms with Crippen molar-refractivity contribution in [3.05, 3.63) is 48.2 Å². The number of fused-ring (bicyclic) bond motifs is 2. The second kappa shape index (κ2) is 9.07. The van der Waals surface area contributed by atoms with Crippen LogP contribution in [-0.4, -0.2) is 69.8 Å². The fourth-order valence-electron chi connectivity index (χ4n) is 2.95. The number of anilines is 1. The summed E-state index contributed by atoms with van der Waals surface area (Å²) in [6.45, 7) is 1.86. The molecule has 3 rings (SSSR count). The van der Waals surface area contributed by atoms with Crippen molar-refractivity contribution in [2.75, 3.05) is 38.5 Å². The molecular weight excluding hydrogens is 344 g/mol. The van der Waals surface area contributed by atoms with Crippen LogP contribution in [0.25, 0.3) is 0 Å². The van der Waals surface area contributed by atoms with Gasteiger partial charge in [0.25, 0.3) is 5.91 Å². The lowest BCUT2D eigenvalue weighted by molar-refractivity contribution is -0.130. The number of carbonyl (C=O) groups excluding carboxylic acids is 2. The second-order valence-electron chi connectivity index (χ2n) is 6.57. The van der Waals surface area contributed by atoms with Crippen molar-refractivity contribution in [1.82, 2.24) is 24.8 Å². The predicted molar refractivity (Wildman–Crippen MR) is 101 cm³/mol. The Balaban J connectivity index is 1.78. The molecule has 2 aromatic heterocycles. The average molecular weight is 368 g/mol. The molecule has 2 bridgehead atoms. The standard InChI is InChI=1S/C19H24N6O2/c1-24-9-4-8-22-17-7-2-5-16(23-17)6-3-10-25(13-18(24)26)19(27)15-11-20-14-21-12-15/h2,5,7,11-12,14H,3-4,6,8-10,13H2,1H3,(H,22,23). The summed E-state index contributed by atoms with van der Waals surface area (Å²) in [7, 11) is 1.77. The number of carbonyl (C=O) groups is 2. The fraction of sp³-hybridized carbons (Fsp3) is 0.421. The van der Waals surface area contributed by atoms with E-state index in [9.17, 15) is 9.59 Å². The third kappa shape index (κ3) is 5.22. The van der Waals surface area contributed by atoms with E-state index in [1.165, 1.54) is 18.7 Å². The smallest absolute Gasteiger partial charge is 0.257 e. The SMILES string of the molecule is CN1CCCNc2cccc(n2)CCCN(C(=O)c2cncnc2)CC1=O. The summed E-state index contributed by atoms with van der Waals surface area (Å²) >= 11 is 0. The van der Waals surface area contributed by atoms with Gasteiger partial charge >= 0.3 is 0 Å². The maximum atomic E-state index is 12.8. The number of likely N-dealkylation sites (N-methyl/N-ethyl adjacent to an activating group) is 1. The minimum atomic E-state index is -0.229. The molecule has 0 aliphatic carbocycles. The van der Waals surface area contributed by atoms with E-state index in [-0.39, 0.29) is 18.4 Å². The summed E-state index contributed by atoms with van der Waals surface area (Å²) in [5, 5.41) is 3.29. The maximum Gasteiger partial charge on any atom is 0.257 e. The zero-order chi connectivity index (χ0) is 19.1. The molecular formula is C19H24N6O2. The van der Waals surface area contributed by atoms with E-state index in [1.807, 2.05) is 18.2 Å². The fourth-order valence-corrected chi connectivity index (χ4v) is 2.95. The quantitative estimate of drug-likeness (QED) is 0.814. The molecule has 0 saturated carbocycles. The molecule has 142 valence electrons. The van der Waals surface area contributed by atoms with Gasteiger partial charge < -0.3 is 15.1 Å². The van der Waals surface area contributed by atoms with Gasteiger partial charge in [-0.15, -0.1) is 0 Å². The summed E-state index contributed by atoms with van der Waals surface area (Å²) in [4.78, 5) is 41.0. The number of aryl methyl sites for hydroxylation is 1. The monoisotopic (exact) mass is 368 g/mol. The lowest BCUT2D eigenvalue weighted by Crippen LogP contribution is -2.42. The number of hydrogen-bond acceptors (Lipinski definition) is 6. The van der Waals surface area contributed by atoms with Crippen molar-refractivity contribution >= 4 is 17.6 Å². The molecule has 1 aliphatic rings. The lowest BCUT2D eigenvalue weighted by atomic mass is 10.2. The molecule has 1 aliphatic heterocycles. The Bertz CT molecular complexity index is 783. The Morgan fingerprint density at radius 2 is 1.96 bits per heavy atom. The van der Waals surface area contributed by atoms with E-state index in [0.717, 1.165) is 30.9 Å². The van der Waals surface area contributed by atoms with Gasteiger partial charge in [-0.1, -0.05) is 6.07 Å². The van der Waals surface area contributed by atoms with E-state index >= 15 is 0 Å². The molecule has 3 heterocycles. The van der Waals surface area contributed by atoms with Crippen LogP contribution < -0.4 is 5.32 Å². The molecule has 27 heavy (non-hydrogen) atoms. The number of rotatable bonds is 1. The number of amides is 2. The highest BCUT2D eigenvalue weighted by Gasteiger charge is 2.21. The Hall–Kier alpha value is -3.03. The van der Waals surface area contributed by atoms with Crippen LogP contribution in [0.2, 0.25) is 0 Å². The van der Waals surface area contributed by atoms with E-state index in [1.54, 1.807) is 16.8 Å². The molecule has 8 nitrogen and oxygen atoms in total. The van der Waals surface area contributed by atoms with Crippen LogP contribution in [0.15, 0.2) is 36.9 Å². The number of aromatic nitrogens is 3. The zero-order valence-electron chi connectivity index (χ0n) is 15.5. The van der Waals surface area contributed by atoms with Crippen LogP contribution >= 0.6 is 0 Å². The number of nitrogens with one attached hydrogen (secondary N) is 1. The Kier molecular flexibility index (Phi) is 6.30. The maximum absolute atomic E-state index is 12.8. The van der Waals surface area contributed by atoms with E-state index in [0.29, 0.717) is 25.1 Å². The van der Waals surface area contributed by atoms with Gasteiger partial charge in [0, 0.05) is 44.8 Å². The summed E-state index contributed by atoms with van der Waals surface area (Å²) in [6, 6.07) is 5.90. The van der Waals surface area contributed by atoms with Gasteiger partial charge in [-0.05, 0) is 31.4 Å². The van der Waals surface area contributed by atoms with Crippen LogP contribution in [-0.2, 0) is 11.2 Å². The topological polar surface area (TPSA) is 91.3 Å². The molecule has 2 aromatic rings. The van der Waals surface area contributed by atoms with Crippen LogP contribution in [0.5, 0.6) is 0 Å². The first-order chi connectivity index (χ1) is 13.1. The lowest BCUT2D eigenvalue weighted by Gasteiger charge is -2.25. The predicted octanol–water partition coefficient (Wildman–Crippen LogP) is 1.22. The third-order valence-electron chi connectivity index (χ3n) is 4.49. The van der Waals surface area contributed by atoms with E-state index < -0.39 is 0 Å². The van der Waals surface area contributed by atoms with Gasteiger partial charge in [0.15, 0.2) is 0 Å². The van der Waals surface area contributed by atoms with Gasteiger partial charge in [-0.3, -0.25) is 9.59 Å². The molecule has 0 saturated heterocycles. The number of pyridine rings is 1. The molecule has 0 atom stereocenters. The van der Waals surface area contributed by atoms with Crippen molar-refractivity contribution in [2.24, 2.45) is 0 Å². The molecule has 2 amide bonds. The highest BCUT2D eigenvalue weighted by Crippen LogP contribution is 2.10. The zero-order valence-corrected chi connectivity index (χ0v) is 15.5. The van der Waals surface area contributed by atoms with Crippen molar-refractivity contribution in [1.29, 1.82) is 0 Å². The minimum Gasteiger partial charge on any atom is -0.370 e. The van der Waals surface area contributed by atoms with E-state index in [2.05, 4.69) is 20.3 Å². The molecule has 0 aromatic carbocycles. The highest BCUT2D eigenvalue weighted by atomic mass is 16.2. The highest BCUT2D eigenvalue weighted by molar-refractivity contribution is 5.96. The Morgan fingerprint density at radius 3 is 2.78 bits per heavy atom. The summed E-state index contributed by atoms with van der Waals surface area (Å²) in [5.74, 6) is 0.537. The number of hydrogen-bond donors (Lipinski definition) is 1. The first-order valence-corrected chi connectivity index (χ1v) is 9.11. The molecule has 0 unspecified atom stereocenters. The summed E-state index contributed by atoms with van der Waals surface area (Å²) < 4.78 is 0. The number of nitrogens with zero attached hydrogens (tertiary/aromatic N) is 5. The molecule has 0 radical (unpaired) electrons. The minimum absolute atomic E-state index is 0.0468. The Morgan fingerprint density at radius 1 is 1.15 bits per heavy atom. The molecule has 0 spiro atoms. The normalized spacial score (nSPS) is 16.4. The molecule has 0 fully saturated rings. The first kappa shape index (κ1) is 18.8. The summed E-state index contributed by atoms with van der Waals surface area (Å²) in [6.07, 6.45) is 6.58. The van der Waals surface area contributed by atoms with Crippen LogP contribution in [0.4, 0.5) is 5.82 Å². The largest absolute Gasteiger partial charge is 0.370 e. The third-order valence-corrected chi connectivity index (χ3v) is 4.49. The second-order valence-corrected chi connectivity index (χ2v) is 6.57.